The van der Waals surface area contributed by atoms with Gasteiger partial charge in [-0.25, -0.2) is 15.0 Å². The van der Waals surface area contributed by atoms with Gasteiger partial charge >= 0.3 is 0 Å². The summed E-state index contributed by atoms with van der Waals surface area (Å²) >= 11 is 1.84. The van der Waals surface area contributed by atoms with Crippen molar-refractivity contribution in [1.29, 1.82) is 0 Å². The van der Waals surface area contributed by atoms with E-state index >= 15 is 0 Å². The van der Waals surface area contributed by atoms with Crippen LogP contribution in [0.1, 0.15) is 0 Å². The molecule has 13 rings (SSSR count). The minimum Gasteiger partial charge on any atom is -0.308 e. The molecule has 4 nitrogen and oxygen atoms in total. The van der Waals surface area contributed by atoms with Crippen LogP contribution in [-0.4, -0.2) is 19.5 Å². The van der Waals surface area contributed by atoms with Gasteiger partial charge in [-0.05, 0) is 85.9 Å². The van der Waals surface area contributed by atoms with Gasteiger partial charge in [0.2, 0.25) is 0 Å². The Hall–Kier alpha value is -7.99. The Labute approximate surface area is 360 Å². The van der Waals surface area contributed by atoms with E-state index in [1.165, 1.54) is 58.1 Å². The molecule has 0 amide bonds. The highest BCUT2D eigenvalue weighted by Crippen LogP contribution is 2.44. The third-order valence-corrected chi connectivity index (χ3v) is 13.5. The maximum absolute atomic E-state index is 5.48. The molecule has 0 aliphatic carbocycles. The topological polar surface area (TPSA) is 43.6 Å². The Bertz CT molecular complexity index is 3910. The van der Waals surface area contributed by atoms with Crippen molar-refractivity contribution in [2.45, 2.75) is 0 Å². The summed E-state index contributed by atoms with van der Waals surface area (Å²) in [4.78, 5) is 16.2. The fourth-order valence-electron chi connectivity index (χ4n) is 9.38. The van der Waals surface area contributed by atoms with Crippen LogP contribution in [0.25, 0.3) is 125 Å². The molecule has 0 aliphatic heterocycles. The molecule has 3 heterocycles. The van der Waals surface area contributed by atoms with Crippen molar-refractivity contribution in [1.82, 2.24) is 19.5 Å². The second kappa shape index (κ2) is 13.8. The molecule has 10 aromatic carbocycles. The second-order valence-electron chi connectivity index (χ2n) is 16.0. The summed E-state index contributed by atoms with van der Waals surface area (Å²) in [6.07, 6.45) is 0. The number of hydrogen-bond donors (Lipinski definition) is 0. The smallest absolute Gasteiger partial charge is 0.166 e. The number of benzene rings is 10. The van der Waals surface area contributed by atoms with Crippen molar-refractivity contribution < 1.29 is 0 Å². The van der Waals surface area contributed by atoms with Gasteiger partial charge in [-0.1, -0.05) is 164 Å². The summed E-state index contributed by atoms with van der Waals surface area (Å²) in [5, 5.41) is 11.9. The molecule has 13 aromatic rings. The standard InChI is InChI=1S/C57H34N4S/c1-2-13-35(14-3-1)36-25-27-38(28-26-36)55-58-56(45-23-12-20-37-15-8-9-21-43(37)45)60-57(59-55)49-33-48-47-30-40-17-5-7-19-42(40)32-53(47)62-54(48)34-52(49)61-50-24-11-10-22-44(50)46-29-39-16-4-6-18-41(39)31-51(46)61/h1-34H. The average molecular weight is 807 g/mol. The van der Waals surface area contributed by atoms with Gasteiger partial charge in [0.1, 0.15) is 0 Å². The minimum absolute atomic E-state index is 0.619. The van der Waals surface area contributed by atoms with E-state index in [-0.39, 0.29) is 0 Å². The van der Waals surface area contributed by atoms with Crippen LogP contribution in [-0.2, 0) is 0 Å². The molecule has 0 saturated heterocycles. The zero-order valence-corrected chi connectivity index (χ0v) is 34.1. The SMILES string of the molecule is c1ccc(-c2ccc(-c3nc(-c4cc5c(cc4-n4c6ccccc6c6cc7ccccc7cc64)sc4cc6ccccc6cc45)nc(-c4cccc5ccccc45)n3)cc2)cc1. The van der Waals surface area contributed by atoms with Crippen LogP contribution in [0.2, 0.25) is 0 Å². The molecule has 0 saturated carbocycles. The lowest BCUT2D eigenvalue weighted by molar-refractivity contribution is 1.07. The van der Waals surface area contributed by atoms with Gasteiger partial charge in [0.25, 0.3) is 0 Å². The van der Waals surface area contributed by atoms with Crippen LogP contribution >= 0.6 is 11.3 Å². The van der Waals surface area contributed by atoms with Crippen molar-refractivity contribution in [3.05, 3.63) is 206 Å². The number of thiophene rings is 1. The lowest BCUT2D eigenvalue weighted by atomic mass is 10.0. The average Bonchev–Trinajstić information content (AvgIpc) is 3.85. The third-order valence-electron chi connectivity index (χ3n) is 12.4. The molecule has 0 unspecified atom stereocenters. The van der Waals surface area contributed by atoms with E-state index in [0.717, 1.165) is 49.7 Å². The van der Waals surface area contributed by atoms with E-state index in [1.807, 2.05) is 17.4 Å². The van der Waals surface area contributed by atoms with Crippen molar-refractivity contribution in [3.8, 4) is 51.0 Å². The highest BCUT2D eigenvalue weighted by Gasteiger charge is 2.23. The van der Waals surface area contributed by atoms with Crippen molar-refractivity contribution in [3.63, 3.8) is 0 Å². The second-order valence-corrected chi connectivity index (χ2v) is 17.1. The molecule has 0 radical (unpaired) electrons. The zero-order chi connectivity index (χ0) is 40.7. The predicted octanol–water partition coefficient (Wildman–Crippen LogP) is 15.5. The van der Waals surface area contributed by atoms with E-state index in [0.29, 0.717) is 17.5 Å². The highest BCUT2D eigenvalue weighted by atomic mass is 32.1. The fourth-order valence-corrected chi connectivity index (χ4v) is 10.5. The Morgan fingerprint density at radius 2 is 0.839 bits per heavy atom. The first-order valence-corrected chi connectivity index (χ1v) is 21.7. The summed E-state index contributed by atoms with van der Waals surface area (Å²) in [5.74, 6) is 1.88. The van der Waals surface area contributed by atoms with Crippen LogP contribution in [0.15, 0.2) is 206 Å². The van der Waals surface area contributed by atoms with Crippen molar-refractivity contribution in [2.24, 2.45) is 0 Å². The van der Waals surface area contributed by atoms with Gasteiger partial charge in [-0.15, -0.1) is 11.3 Å². The number of nitrogens with zero attached hydrogens (tertiary/aromatic N) is 4. The van der Waals surface area contributed by atoms with Crippen LogP contribution in [0, 0.1) is 0 Å². The lowest BCUT2D eigenvalue weighted by Crippen LogP contribution is -2.04. The van der Waals surface area contributed by atoms with E-state index in [1.54, 1.807) is 0 Å². The molecule has 5 heteroatoms. The van der Waals surface area contributed by atoms with Gasteiger partial charge in [0.05, 0.1) is 16.7 Å². The first-order chi connectivity index (χ1) is 30.7. The number of hydrogen-bond acceptors (Lipinski definition) is 4. The van der Waals surface area contributed by atoms with E-state index in [2.05, 4.69) is 205 Å². The van der Waals surface area contributed by atoms with E-state index < -0.39 is 0 Å². The molecule has 0 bridgehead atoms. The molecular formula is C57H34N4S. The Morgan fingerprint density at radius 1 is 0.306 bits per heavy atom. The Balaban J connectivity index is 1.14. The molecule has 62 heavy (non-hydrogen) atoms. The Kier molecular flexibility index (Phi) is 7.74. The molecule has 288 valence electrons. The van der Waals surface area contributed by atoms with E-state index in [4.69, 9.17) is 15.0 Å². The maximum Gasteiger partial charge on any atom is 0.166 e. The molecule has 0 N–H and O–H groups in total. The first kappa shape index (κ1) is 34.8. The molecule has 0 fully saturated rings. The number of aromatic nitrogens is 4. The quantitative estimate of drug-likeness (QED) is 0.174. The Morgan fingerprint density at radius 3 is 1.61 bits per heavy atom. The third kappa shape index (κ3) is 5.56. The van der Waals surface area contributed by atoms with E-state index in [9.17, 15) is 0 Å². The minimum atomic E-state index is 0.619. The van der Waals surface area contributed by atoms with Crippen molar-refractivity contribution in [2.75, 3.05) is 0 Å². The normalized spacial score (nSPS) is 11.9. The monoisotopic (exact) mass is 806 g/mol. The van der Waals surface area contributed by atoms with Gasteiger partial charge in [0, 0.05) is 47.6 Å². The largest absolute Gasteiger partial charge is 0.308 e. The van der Waals surface area contributed by atoms with Gasteiger partial charge in [-0.2, -0.15) is 0 Å². The zero-order valence-electron chi connectivity index (χ0n) is 33.3. The molecular weight excluding hydrogens is 773 g/mol. The molecule has 0 atom stereocenters. The van der Waals surface area contributed by atoms with Gasteiger partial charge in [0.15, 0.2) is 17.5 Å². The maximum atomic E-state index is 5.48. The van der Waals surface area contributed by atoms with Crippen molar-refractivity contribution >= 4 is 85.6 Å². The number of fused-ring (bicyclic) bond motifs is 9. The summed E-state index contributed by atoms with van der Waals surface area (Å²) < 4.78 is 4.89. The van der Waals surface area contributed by atoms with Gasteiger partial charge in [-0.3, -0.25) is 0 Å². The summed E-state index contributed by atoms with van der Waals surface area (Å²) in [6, 6.07) is 74.0. The van der Waals surface area contributed by atoms with Crippen LogP contribution < -0.4 is 0 Å². The first-order valence-electron chi connectivity index (χ1n) is 20.9. The number of para-hydroxylation sites is 1. The number of rotatable bonds is 5. The fraction of sp³-hybridized carbons (Fsp3) is 0. The summed E-state index contributed by atoms with van der Waals surface area (Å²) in [6.45, 7) is 0. The molecule has 0 spiro atoms. The summed E-state index contributed by atoms with van der Waals surface area (Å²) in [5.41, 5.74) is 8.42. The van der Waals surface area contributed by atoms with Crippen LogP contribution in [0.3, 0.4) is 0 Å². The lowest BCUT2D eigenvalue weighted by Gasteiger charge is -2.16. The molecule has 3 aromatic heterocycles. The highest BCUT2D eigenvalue weighted by molar-refractivity contribution is 7.26. The predicted molar refractivity (Wildman–Crippen MR) is 261 cm³/mol. The summed E-state index contributed by atoms with van der Waals surface area (Å²) in [7, 11) is 0. The molecule has 0 aliphatic rings. The van der Waals surface area contributed by atoms with Crippen LogP contribution in [0.5, 0.6) is 0 Å². The van der Waals surface area contributed by atoms with Crippen LogP contribution in [0.4, 0.5) is 0 Å². The van der Waals surface area contributed by atoms with Gasteiger partial charge < -0.3 is 4.57 Å².